The second-order valence-corrected chi connectivity index (χ2v) is 13.8. The zero-order valence-corrected chi connectivity index (χ0v) is 31.0. The zero-order valence-electron chi connectivity index (χ0n) is 31.0. The Hall–Kier alpha value is -5.46. The minimum atomic E-state index is -0.954. The Morgan fingerprint density at radius 2 is 1.75 bits per heavy atom. The largest absolute Gasteiger partial charge is 0.497 e. The van der Waals surface area contributed by atoms with Crippen LogP contribution >= 0.6 is 0 Å². The Morgan fingerprint density at radius 3 is 2.44 bits per heavy atom. The van der Waals surface area contributed by atoms with Crippen LogP contribution in [0.25, 0.3) is 11.0 Å². The van der Waals surface area contributed by atoms with Gasteiger partial charge in [0, 0.05) is 43.9 Å². The number of benzene rings is 2. The molecule has 2 aromatic heterocycles. The van der Waals surface area contributed by atoms with Crippen molar-refractivity contribution in [3.8, 4) is 11.5 Å². The average Bonchev–Trinajstić information content (AvgIpc) is 3.40. The van der Waals surface area contributed by atoms with Crippen LogP contribution in [0.1, 0.15) is 69.9 Å². The lowest BCUT2D eigenvalue weighted by molar-refractivity contribution is -0.123. The molecule has 0 radical (unpaired) electrons. The van der Waals surface area contributed by atoms with Gasteiger partial charge in [0.2, 0.25) is 11.8 Å². The molecule has 4 aromatic rings. The van der Waals surface area contributed by atoms with E-state index < -0.39 is 23.9 Å². The van der Waals surface area contributed by atoms with Crippen molar-refractivity contribution in [1.29, 1.82) is 0 Å². The maximum absolute atomic E-state index is 14.5. The Labute approximate surface area is 304 Å². The van der Waals surface area contributed by atoms with Crippen molar-refractivity contribution in [3.05, 3.63) is 82.2 Å². The highest BCUT2D eigenvalue weighted by atomic mass is 16.5. The summed E-state index contributed by atoms with van der Waals surface area (Å²) < 4.78 is 12.5. The third-order valence-electron chi connectivity index (χ3n) is 9.20. The van der Waals surface area contributed by atoms with Gasteiger partial charge >= 0.3 is 0 Å². The number of hydrogen-bond donors (Lipinski definition) is 3. The van der Waals surface area contributed by atoms with Gasteiger partial charge in [-0.25, -0.2) is 4.98 Å². The Kier molecular flexibility index (Phi) is 12.1. The predicted molar refractivity (Wildman–Crippen MR) is 198 cm³/mol. The van der Waals surface area contributed by atoms with Gasteiger partial charge in [-0.3, -0.25) is 23.9 Å². The van der Waals surface area contributed by atoms with E-state index in [1.807, 2.05) is 39.8 Å². The van der Waals surface area contributed by atoms with E-state index >= 15 is 0 Å². The molecule has 0 saturated carbocycles. The van der Waals surface area contributed by atoms with Crippen molar-refractivity contribution in [2.24, 2.45) is 13.0 Å². The first kappa shape index (κ1) is 37.8. The first-order chi connectivity index (χ1) is 24.9. The summed E-state index contributed by atoms with van der Waals surface area (Å²) in [7, 11) is 4.92. The van der Waals surface area contributed by atoms with E-state index in [1.165, 1.54) is 4.90 Å². The maximum atomic E-state index is 14.5. The van der Waals surface area contributed by atoms with Crippen LogP contribution in [-0.4, -0.2) is 89.2 Å². The summed E-state index contributed by atoms with van der Waals surface area (Å²) in [6, 6.07) is 12.7. The number of aryl methyl sites for hydroxylation is 4. The number of fused-ring (bicyclic) bond motifs is 3. The number of nitrogens with zero attached hydrogens (tertiary/aromatic N) is 4. The smallest absolute Gasteiger partial charge is 0.255 e. The van der Waals surface area contributed by atoms with Crippen LogP contribution < -0.4 is 25.4 Å². The first-order valence-corrected chi connectivity index (χ1v) is 17.6. The van der Waals surface area contributed by atoms with Crippen molar-refractivity contribution >= 4 is 34.7 Å². The molecule has 276 valence electrons. The molecule has 13 nitrogen and oxygen atoms in total. The number of methoxy groups -OCH3 is 2. The molecule has 0 aliphatic carbocycles. The topological polar surface area (TPSA) is 157 Å². The van der Waals surface area contributed by atoms with Crippen molar-refractivity contribution in [1.82, 2.24) is 35.6 Å². The average molecular weight is 712 g/mol. The maximum Gasteiger partial charge on any atom is 0.255 e. The lowest BCUT2D eigenvalue weighted by Gasteiger charge is -2.30. The standard InChI is InChI=1S/C39H49N7O6/c1-23(2)17-29-21-46(39(50)31-18-24(3)41-36-35(31)25(4)44-45(36)5)22-34(47)40-16-8-9-27-20-28(12-15-33(27)52-7)37(48)43-32(38(49)42-29)19-26-10-13-30(51-6)14-11-26/h10-15,18,20,23,29,32H,8-9,16-17,19,21-22H2,1-7H3,(H,40,47)(H,42,49)(H,43,48)/t29-,32-/m0/s1. The Morgan fingerprint density at radius 1 is 1.00 bits per heavy atom. The minimum Gasteiger partial charge on any atom is -0.497 e. The van der Waals surface area contributed by atoms with Gasteiger partial charge in [-0.1, -0.05) is 26.0 Å². The molecule has 0 saturated heterocycles. The van der Waals surface area contributed by atoms with Crippen LogP contribution in [0.5, 0.6) is 11.5 Å². The Bertz CT molecular complexity index is 1940. The number of rotatable bonds is 7. The molecule has 5 rings (SSSR count). The fourth-order valence-corrected chi connectivity index (χ4v) is 6.74. The lowest BCUT2D eigenvalue weighted by Crippen LogP contribution is -2.54. The molecular weight excluding hydrogens is 662 g/mol. The summed E-state index contributed by atoms with van der Waals surface area (Å²) >= 11 is 0. The number of aromatic nitrogens is 3. The summed E-state index contributed by atoms with van der Waals surface area (Å²) in [5, 5.41) is 14.2. The third kappa shape index (κ3) is 9.06. The number of hydrogen-bond acceptors (Lipinski definition) is 8. The molecule has 0 fully saturated rings. The fraction of sp³-hybridized carbons (Fsp3) is 0.436. The summed E-state index contributed by atoms with van der Waals surface area (Å²) in [6.45, 7) is 7.86. The van der Waals surface area contributed by atoms with Gasteiger partial charge in [-0.2, -0.15) is 5.10 Å². The van der Waals surface area contributed by atoms with Gasteiger partial charge in [-0.05, 0) is 86.6 Å². The number of ether oxygens (including phenoxy) is 2. The predicted octanol–water partition coefficient (Wildman–Crippen LogP) is 3.68. The monoisotopic (exact) mass is 711 g/mol. The summed E-state index contributed by atoms with van der Waals surface area (Å²) in [5.74, 6) is -0.0879. The van der Waals surface area contributed by atoms with Crippen molar-refractivity contribution in [2.45, 2.75) is 65.5 Å². The van der Waals surface area contributed by atoms with Crippen LogP contribution in [0.4, 0.5) is 0 Å². The second kappa shape index (κ2) is 16.7. The Balaban J connectivity index is 1.54. The molecular formula is C39H49N7O6. The molecule has 0 spiro atoms. The van der Waals surface area contributed by atoms with Crippen LogP contribution in [0.15, 0.2) is 48.5 Å². The molecule has 1 aliphatic heterocycles. The van der Waals surface area contributed by atoms with Crippen LogP contribution in [0.2, 0.25) is 0 Å². The van der Waals surface area contributed by atoms with E-state index in [-0.39, 0.29) is 37.2 Å². The lowest BCUT2D eigenvalue weighted by atomic mass is 10.00. The molecule has 0 unspecified atom stereocenters. The highest BCUT2D eigenvalue weighted by Crippen LogP contribution is 2.25. The third-order valence-corrected chi connectivity index (χ3v) is 9.20. The molecule has 3 N–H and O–H groups in total. The molecule has 4 amide bonds. The van der Waals surface area contributed by atoms with Gasteiger partial charge in [0.15, 0.2) is 5.65 Å². The minimum absolute atomic E-state index is 0.0551. The van der Waals surface area contributed by atoms with Gasteiger partial charge in [-0.15, -0.1) is 0 Å². The van der Waals surface area contributed by atoms with Crippen molar-refractivity contribution < 1.29 is 28.7 Å². The molecule has 3 heterocycles. The number of pyridine rings is 1. The molecule has 1 aliphatic rings. The number of nitrogens with one attached hydrogen (secondary N) is 3. The van der Waals surface area contributed by atoms with E-state index in [0.717, 1.165) is 11.1 Å². The second-order valence-electron chi connectivity index (χ2n) is 13.8. The number of amides is 4. The summed E-state index contributed by atoms with van der Waals surface area (Å²) in [5.41, 5.74) is 4.24. The van der Waals surface area contributed by atoms with Gasteiger partial charge < -0.3 is 30.3 Å². The van der Waals surface area contributed by atoms with E-state index in [9.17, 15) is 19.2 Å². The van der Waals surface area contributed by atoms with E-state index in [2.05, 4.69) is 26.0 Å². The number of carbonyl (C=O) groups is 4. The zero-order chi connectivity index (χ0) is 37.5. The van der Waals surface area contributed by atoms with Gasteiger partial charge in [0.1, 0.15) is 17.5 Å². The van der Waals surface area contributed by atoms with Gasteiger partial charge in [0.05, 0.1) is 37.4 Å². The SMILES string of the molecule is COc1ccc(C[C@@H]2NC(=O)c3ccc(OC)c(c3)CCCNC(=O)CN(C(=O)c3cc(C)nc4c3c(C)nn4C)C[C@H](CC(C)C)NC2=O)cc1. The van der Waals surface area contributed by atoms with E-state index in [0.29, 0.717) is 70.9 Å². The number of carbonyl (C=O) groups excluding carboxylic acids is 4. The molecule has 2 aromatic carbocycles. The quantitative estimate of drug-likeness (QED) is 0.262. The molecule has 2 atom stereocenters. The van der Waals surface area contributed by atoms with E-state index in [4.69, 9.17) is 9.47 Å². The van der Waals surface area contributed by atoms with Crippen molar-refractivity contribution in [2.75, 3.05) is 33.9 Å². The summed E-state index contributed by atoms with van der Waals surface area (Å²) in [4.78, 5) is 62.2. The molecule has 52 heavy (non-hydrogen) atoms. The first-order valence-electron chi connectivity index (χ1n) is 17.6. The van der Waals surface area contributed by atoms with Crippen LogP contribution in [-0.2, 0) is 29.5 Å². The summed E-state index contributed by atoms with van der Waals surface area (Å²) in [6.07, 6.45) is 1.81. The molecule has 13 heteroatoms. The van der Waals surface area contributed by atoms with Crippen LogP contribution in [0, 0.1) is 19.8 Å². The van der Waals surface area contributed by atoms with Gasteiger partial charge in [0.25, 0.3) is 11.8 Å². The van der Waals surface area contributed by atoms with Crippen LogP contribution in [0.3, 0.4) is 0 Å². The van der Waals surface area contributed by atoms with E-state index in [1.54, 1.807) is 62.3 Å². The molecule has 2 bridgehead atoms. The van der Waals surface area contributed by atoms with Crippen molar-refractivity contribution in [3.63, 3.8) is 0 Å². The normalized spacial score (nSPS) is 17.7. The fourth-order valence-electron chi connectivity index (χ4n) is 6.74. The highest BCUT2D eigenvalue weighted by Gasteiger charge is 2.30. The highest BCUT2D eigenvalue weighted by molar-refractivity contribution is 6.07.